The van der Waals surface area contributed by atoms with Crippen molar-refractivity contribution < 1.29 is 4.52 Å². The Hall–Kier alpha value is -0.940. The summed E-state index contributed by atoms with van der Waals surface area (Å²) in [5, 5.41) is 4.05. The SMILES string of the molecule is CC(C)(C)c1noc(CN2CCC(CN)CC2)n1. The van der Waals surface area contributed by atoms with Gasteiger partial charge in [0.2, 0.25) is 5.89 Å². The molecule has 0 aliphatic carbocycles. The molecule has 1 aromatic heterocycles. The van der Waals surface area contributed by atoms with Crippen molar-refractivity contribution in [3.8, 4) is 0 Å². The van der Waals surface area contributed by atoms with Gasteiger partial charge in [-0.05, 0) is 38.4 Å². The molecule has 0 radical (unpaired) electrons. The first kappa shape index (κ1) is 13.5. The summed E-state index contributed by atoms with van der Waals surface area (Å²) in [4.78, 5) is 6.84. The third kappa shape index (κ3) is 3.29. The lowest BCUT2D eigenvalue weighted by Gasteiger charge is -2.30. The highest BCUT2D eigenvalue weighted by atomic mass is 16.5. The molecule has 2 N–H and O–H groups in total. The maximum atomic E-state index is 5.69. The van der Waals surface area contributed by atoms with Gasteiger partial charge in [0.15, 0.2) is 5.82 Å². The van der Waals surface area contributed by atoms with E-state index in [0.717, 1.165) is 37.9 Å². The number of hydrogen-bond acceptors (Lipinski definition) is 5. The van der Waals surface area contributed by atoms with E-state index >= 15 is 0 Å². The Kier molecular flexibility index (Phi) is 4.02. The largest absolute Gasteiger partial charge is 0.338 e. The zero-order chi connectivity index (χ0) is 13.2. The maximum absolute atomic E-state index is 5.69. The quantitative estimate of drug-likeness (QED) is 0.883. The number of aromatic nitrogens is 2. The van der Waals surface area contributed by atoms with Crippen molar-refractivity contribution in [3.05, 3.63) is 11.7 Å². The average molecular weight is 252 g/mol. The van der Waals surface area contributed by atoms with Crippen molar-refractivity contribution in [1.29, 1.82) is 0 Å². The molecule has 102 valence electrons. The van der Waals surface area contributed by atoms with Gasteiger partial charge in [-0.1, -0.05) is 25.9 Å². The van der Waals surface area contributed by atoms with Crippen LogP contribution < -0.4 is 5.73 Å². The van der Waals surface area contributed by atoms with Crippen LogP contribution in [0, 0.1) is 5.92 Å². The number of likely N-dealkylation sites (tertiary alicyclic amines) is 1. The fraction of sp³-hybridized carbons (Fsp3) is 0.846. The highest BCUT2D eigenvalue weighted by molar-refractivity contribution is 4.99. The molecule has 0 spiro atoms. The van der Waals surface area contributed by atoms with Gasteiger partial charge >= 0.3 is 0 Å². The summed E-state index contributed by atoms with van der Waals surface area (Å²) in [7, 11) is 0. The van der Waals surface area contributed by atoms with Gasteiger partial charge in [0.25, 0.3) is 0 Å². The molecular weight excluding hydrogens is 228 g/mol. The molecule has 5 heteroatoms. The van der Waals surface area contributed by atoms with Crippen LogP contribution in [0.2, 0.25) is 0 Å². The molecule has 18 heavy (non-hydrogen) atoms. The van der Waals surface area contributed by atoms with Gasteiger partial charge in [-0.15, -0.1) is 0 Å². The van der Waals surface area contributed by atoms with Crippen LogP contribution in [0.1, 0.15) is 45.3 Å². The predicted molar refractivity (Wildman–Crippen MR) is 70.1 cm³/mol. The molecule has 1 saturated heterocycles. The fourth-order valence-electron chi connectivity index (χ4n) is 2.20. The molecule has 0 unspecified atom stereocenters. The normalized spacial score (nSPS) is 19.3. The Morgan fingerprint density at radius 2 is 2.00 bits per heavy atom. The third-order valence-electron chi connectivity index (χ3n) is 3.54. The van der Waals surface area contributed by atoms with Crippen LogP contribution in [-0.2, 0) is 12.0 Å². The van der Waals surface area contributed by atoms with Crippen molar-refractivity contribution in [1.82, 2.24) is 15.0 Å². The minimum absolute atomic E-state index is 0.0473. The number of piperidine rings is 1. The first-order valence-corrected chi connectivity index (χ1v) is 6.74. The number of hydrogen-bond donors (Lipinski definition) is 1. The molecule has 0 bridgehead atoms. The van der Waals surface area contributed by atoms with Crippen LogP contribution in [0.5, 0.6) is 0 Å². The Balaban J connectivity index is 1.89. The van der Waals surface area contributed by atoms with Gasteiger partial charge in [0.05, 0.1) is 6.54 Å². The zero-order valence-electron chi connectivity index (χ0n) is 11.6. The lowest BCUT2D eigenvalue weighted by molar-refractivity contribution is 0.161. The molecule has 2 heterocycles. The van der Waals surface area contributed by atoms with Crippen molar-refractivity contribution in [2.24, 2.45) is 11.7 Å². The molecule has 1 aliphatic heterocycles. The summed E-state index contributed by atoms with van der Waals surface area (Å²) < 4.78 is 5.32. The number of nitrogens with zero attached hydrogens (tertiary/aromatic N) is 3. The monoisotopic (exact) mass is 252 g/mol. The second kappa shape index (κ2) is 5.36. The minimum atomic E-state index is -0.0473. The van der Waals surface area contributed by atoms with Gasteiger partial charge in [0, 0.05) is 5.41 Å². The Morgan fingerprint density at radius 3 is 2.50 bits per heavy atom. The zero-order valence-corrected chi connectivity index (χ0v) is 11.6. The van der Waals surface area contributed by atoms with E-state index in [-0.39, 0.29) is 5.41 Å². The summed E-state index contributed by atoms with van der Waals surface area (Å²) in [6.07, 6.45) is 2.35. The molecule has 0 aromatic carbocycles. The molecule has 1 aliphatic rings. The van der Waals surface area contributed by atoms with Crippen molar-refractivity contribution in [3.63, 3.8) is 0 Å². The maximum Gasteiger partial charge on any atom is 0.240 e. The molecule has 0 amide bonds. The van der Waals surface area contributed by atoms with Crippen LogP contribution in [0.4, 0.5) is 0 Å². The summed E-state index contributed by atoms with van der Waals surface area (Å²) >= 11 is 0. The highest BCUT2D eigenvalue weighted by Gasteiger charge is 2.23. The first-order valence-electron chi connectivity index (χ1n) is 6.74. The Bertz CT molecular complexity index is 375. The predicted octanol–water partition coefficient (Wildman–Crippen LogP) is 1.54. The van der Waals surface area contributed by atoms with Crippen molar-refractivity contribution in [2.75, 3.05) is 19.6 Å². The van der Waals surface area contributed by atoms with Crippen molar-refractivity contribution in [2.45, 2.75) is 45.6 Å². The molecule has 0 saturated carbocycles. The molecule has 1 aromatic rings. The summed E-state index contributed by atoms with van der Waals surface area (Å²) in [5.41, 5.74) is 5.65. The summed E-state index contributed by atoms with van der Waals surface area (Å²) in [5.74, 6) is 2.20. The van der Waals surface area contributed by atoms with E-state index in [4.69, 9.17) is 10.3 Å². The Morgan fingerprint density at radius 1 is 1.33 bits per heavy atom. The van der Waals surface area contributed by atoms with E-state index in [1.165, 1.54) is 12.8 Å². The third-order valence-corrected chi connectivity index (χ3v) is 3.54. The van der Waals surface area contributed by atoms with E-state index in [1.54, 1.807) is 0 Å². The molecule has 5 nitrogen and oxygen atoms in total. The fourth-order valence-corrected chi connectivity index (χ4v) is 2.20. The van der Waals surface area contributed by atoms with E-state index < -0.39 is 0 Å². The molecular formula is C13H24N4O. The first-order chi connectivity index (χ1) is 8.49. The smallest absolute Gasteiger partial charge is 0.240 e. The van der Waals surface area contributed by atoms with Gasteiger partial charge in [-0.2, -0.15) is 4.98 Å². The second-order valence-electron chi connectivity index (χ2n) is 6.22. The van der Waals surface area contributed by atoms with Crippen LogP contribution >= 0.6 is 0 Å². The molecule has 0 atom stereocenters. The lowest BCUT2D eigenvalue weighted by atomic mass is 9.96. The second-order valence-corrected chi connectivity index (χ2v) is 6.22. The van der Waals surface area contributed by atoms with Crippen LogP contribution in [0.25, 0.3) is 0 Å². The van der Waals surface area contributed by atoms with Gasteiger partial charge in [-0.25, -0.2) is 0 Å². The van der Waals surface area contributed by atoms with Crippen molar-refractivity contribution >= 4 is 0 Å². The summed E-state index contributed by atoms with van der Waals surface area (Å²) in [6.45, 7) is 10.0. The number of rotatable bonds is 3. The summed E-state index contributed by atoms with van der Waals surface area (Å²) in [6, 6.07) is 0. The van der Waals surface area contributed by atoms with E-state index in [1.807, 2.05) is 0 Å². The van der Waals surface area contributed by atoms with Crippen LogP contribution in [0.15, 0.2) is 4.52 Å². The standard InChI is InChI=1S/C13H24N4O/c1-13(2,3)12-15-11(18-16-12)9-17-6-4-10(8-14)5-7-17/h10H,4-9,14H2,1-3H3. The molecule has 2 rings (SSSR count). The minimum Gasteiger partial charge on any atom is -0.338 e. The van der Waals surface area contributed by atoms with E-state index in [0.29, 0.717) is 5.92 Å². The average Bonchev–Trinajstić information content (AvgIpc) is 2.78. The van der Waals surface area contributed by atoms with E-state index in [9.17, 15) is 0 Å². The topological polar surface area (TPSA) is 68.2 Å². The van der Waals surface area contributed by atoms with Crippen LogP contribution in [0.3, 0.4) is 0 Å². The number of nitrogens with two attached hydrogens (primary N) is 1. The van der Waals surface area contributed by atoms with Crippen LogP contribution in [-0.4, -0.2) is 34.7 Å². The van der Waals surface area contributed by atoms with Gasteiger partial charge in [-0.3, -0.25) is 4.90 Å². The Labute approximate surface area is 109 Å². The lowest BCUT2D eigenvalue weighted by Crippen LogP contribution is -2.35. The van der Waals surface area contributed by atoms with Gasteiger partial charge < -0.3 is 10.3 Å². The van der Waals surface area contributed by atoms with E-state index in [2.05, 4.69) is 35.8 Å². The highest BCUT2D eigenvalue weighted by Crippen LogP contribution is 2.20. The van der Waals surface area contributed by atoms with Gasteiger partial charge in [0.1, 0.15) is 0 Å². The molecule has 1 fully saturated rings.